The minimum atomic E-state index is -0.397. The molecule has 148 valence electrons. The number of hydrogen-bond acceptors (Lipinski definition) is 6. The molecule has 0 bridgehead atoms. The standard InChI is InChI=1S/C20H21N7O2/c1-12-10-24-15-6-5-13(11-27(12)15)16-17(14-4-3-7-22-14)26-19(21)18(25-16)20(28)23-8-9-29-2/h3-7,10-11,22H,8-9H2,1-2H3,(H2,21,26)(H,23,28). The van der Waals surface area contributed by atoms with E-state index >= 15 is 0 Å². The van der Waals surface area contributed by atoms with Crippen molar-refractivity contribution in [3.8, 4) is 22.6 Å². The van der Waals surface area contributed by atoms with Gasteiger partial charge in [-0.05, 0) is 31.2 Å². The van der Waals surface area contributed by atoms with Crippen molar-refractivity contribution in [1.29, 1.82) is 0 Å². The van der Waals surface area contributed by atoms with Gasteiger partial charge < -0.3 is 25.2 Å². The van der Waals surface area contributed by atoms with Crippen molar-refractivity contribution in [3.05, 3.63) is 54.2 Å². The number of aryl methyl sites for hydroxylation is 1. The van der Waals surface area contributed by atoms with Crippen LogP contribution in [-0.4, -0.2) is 50.5 Å². The van der Waals surface area contributed by atoms with Crippen LogP contribution in [0.5, 0.6) is 0 Å². The average Bonchev–Trinajstić information content (AvgIpc) is 3.38. The smallest absolute Gasteiger partial charge is 0.273 e. The van der Waals surface area contributed by atoms with Crippen LogP contribution >= 0.6 is 0 Å². The number of rotatable bonds is 6. The maximum absolute atomic E-state index is 12.6. The SMILES string of the molecule is COCCNC(=O)c1nc(-c2ccc3ncc(C)n3c2)c(-c2ccc[nH]2)nc1N. The Hall–Kier alpha value is -3.72. The Labute approximate surface area is 167 Å². The molecule has 0 aliphatic carbocycles. The topological polar surface area (TPSA) is 123 Å². The molecule has 0 spiro atoms. The third-order valence-corrected chi connectivity index (χ3v) is 4.55. The quantitative estimate of drug-likeness (QED) is 0.432. The van der Waals surface area contributed by atoms with Gasteiger partial charge in [-0.2, -0.15) is 0 Å². The second-order valence-corrected chi connectivity index (χ2v) is 6.53. The zero-order valence-electron chi connectivity index (χ0n) is 16.1. The van der Waals surface area contributed by atoms with Gasteiger partial charge in [0.25, 0.3) is 5.91 Å². The summed E-state index contributed by atoms with van der Waals surface area (Å²) in [7, 11) is 1.57. The van der Waals surface area contributed by atoms with E-state index in [2.05, 4.69) is 25.3 Å². The predicted molar refractivity (Wildman–Crippen MR) is 109 cm³/mol. The second-order valence-electron chi connectivity index (χ2n) is 6.53. The number of H-pyrrole nitrogens is 1. The van der Waals surface area contributed by atoms with Crippen LogP contribution < -0.4 is 11.1 Å². The molecule has 0 saturated heterocycles. The molecular formula is C20H21N7O2. The number of anilines is 1. The summed E-state index contributed by atoms with van der Waals surface area (Å²) in [6, 6.07) is 7.55. The summed E-state index contributed by atoms with van der Waals surface area (Å²) >= 11 is 0. The molecular weight excluding hydrogens is 370 g/mol. The van der Waals surface area contributed by atoms with Crippen molar-refractivity contribution in [2.75, 3.05) is 26.0 Å². The highest BCUT2D eigenvalue weighted by atomic mass is 16.5. The molecule has 1 amide bonds. The van der Waals surface area contributed by atoms with Crippen LogP contribution in [0, 0.1) is 6.92 Å². The summed E-state index contributed by atoms with van der Waals surface area (Å²) in [4.78, 5) is 29.2. The second kappa shape index (κ2) is 7.72. The summed E-state index contributed by atoms with van der Waals surface area (Å²) < 4.78 is 6.93. The van der Waals surface area contributed by atoms with Gasteiger partial charge >= 0.3 is 0 Å². The Kier molecular flexibility index (Phi) is 4.96. The Bertz CT molecular complexity index is 1170. The van der Waals surface area contributed by atoms with Crippen molar-refractivity contribution in [2.45, 2.75) is 6.92 Å². The Balaban J connectivity index is 1.85. The summed E-state index contributed by atoms with van der Waals surface area (Å²) in [5, 5.41) is 2.74. The fourth-order valence-corrected chi connectivity index (χ4v) is 3.07. The number of hydrogen-bond donors (Lipinski definition) is 3. The Morgan fingerprint density at radius 2 is 2.14 bits per heavy atom. The minimum Gasteiger partial charge on any atom is -0.383 e. The molecule has 4 aromatic rings. The lowest BCUT2D eigenvalue weighted by atomic mass is 10.1. The monoisotopic (exact) mass is 391 g/mol. The molecule has 0 aromatic carbocycles. The highest BCUT2D eigenvalue weighted by Crippen LogP contribution is 2.30. The van der Waals surface area contributed by atoms with Gasteiger partial charge in [0, 0.05) is 43.5 Å². The number of carbonyl (C=O) groups is 1. The number of imidazole rings is 1. The molecule has 0 fully saturated rings. The molecule has 0 aliphatic rings. The first-order valence-electron chi connectivity index (χ1n) is 9.11. The molecule has 29 heavy (non-hydrogen) atoms. The lowest BCUT2D eigenvalue weighted by molar-refractivity contribution is 0.0933. The number of ether oxygens (including phenoxy) is 1. The number of amides is 1. The zero-order chi connectivity index (χ0) is 20.4. The number of aromatic amines is 1. The van der Waals surface area contributed by atoms with E-state index in [4.69, 9.17) is 10.5 Å². The largest absolute Gasteiger partial charge is 0.383 e. The number of aromatic nitrogens is 5. The summed E-state index contributed by atoms with van der Waals surface area (Å²) in [6.07, 6.45) is 5.52. The number of nitrogen functional groups attached to an aromatic ring is 1. The molecule has 4 rings (SSSR count). The number of methoxy groups -OCH3 is 1. The first-order valence-corrected chi connectivity index (χ1v) is 9.11. The number of nitrogens with zero attached hydrogens (tertiary/aromatic N) is 4. The molecule has 0 unspecified atom stereocenters. The maximum Gasteiger partial charge on any atom is 0.273 e. The van der Waals surface area contributed by atoms with Crippen LogP contribution in [0.3, 0.4) is 0 Å². The molecule has 9 nitrogen and oxygen atoms in total. The van der Waals surface area contributed by atoms with Crippen molar-refractivity contribution in [3.63, 3.8) is 0 Å². The summed E-state index contributed by atoms with van der Waals surface area (Å²) in [5.41, 5.74) is 10.6. The molecule has 4 N–H and O–H groups in total. The van der Waals surface area contributed by atoms with Crippen molar-refractivity contribution >= 4 is 17.4 Å². The van der Waals surface area contributed by atoms with Gasteiger partial charge in [0.2, 0.25) is 0 Å². The van der Waals surface area contributed by atoms with Gasteiger partial charge in [0.15, 0.2) is 11.5 Å². The van der Waals surface area contributed by atoms with E-state index in [1.807, 2.05) is 41.8 Å². The lowest BCUT2D eigenvalue weighted by Gasteiger charge is -2.13. The third kappa shape index (κ3) is 3.55. The van der Waals surface area contributed by atoms with E-state index in [-0.39, 0.29) is 11.5 Å². The van der Waals surface area contributed by atoms with Gasteiger partial charge in [-0.25, -0.2) is 15.0 Å². The summed E-state index contributed by atoms with van der Waals surface area (Å²) in [6.45, 7) is 2.71. The van der Waals surface area contributed by atoms with Gasteiger partial charge in [-0.1, -0.05) is 0 Å². The fourth-order valence-electron chi connectivity index (χ4n) is 3.07. The van der Waals surface area contributed by atoms with Gasteiger partial charge in [0.1, 0.15) is 17.0 Å². The number of nitrogens with two attached hydrogens (primary N) is 1. The molecule has 0 radical (unpaired) electrons. The van der Waals surface area contributed by atoms with Crippen LogP contribution in [0.15, 0.2) is 42.9 Å². The van der Waals surface area contributed by atoms with Crippen molar-refractivity contribution in [2.24, 2.45) is 0 Å². The van der Waals surface area contributed by atoms with Gasteiger partial charge in [-0.15, -0.1) is 0 Å². The van der Waals surface area contributed by atoms with E-state index in [0.29, 0.717) is 24.5 Å². The first-order chi connectivity index (χ1) is 14.1. The van der Waals surface area contributed by atoms with E-state index in [0.717, 1.165) is 22.6 Å². The molecule has 0 atom stereocenters. The Morgan fingerprint density at radius 3 is 2.90 bits per heavy atom. The number of pyridine rings is 1. The van der Waals surface area contributed by atoms with Crippen LogP contribution in [0.1, 0.15) is 16.2 Å². The van der Waals surface area contributed by atoms with E-state index in [9.17, 15) is 4.79 Å². The van der Waals surface area contributed by atoms with Crippen LogP contribution in [-0.2, 0) is 4.74 Å². The number of carbonyl (C=O) groups excluding carboxylic acids is 1. The lowest BCUT2D eigenvalue weighted by Crippen LogP contribution is -2.29. The normalized spacial score (nSPS) is 11.1. The van der Waals surface area contributed by atoms with Crippen LogP contribution in [0.4, 0.5) is 5.82 Å². The van der Waals surface area contributed by atoms with Crippen LogP contribution in [0.2, 0.25) is 0 Å². The molecule has 4 aromatic heterocycles. The van der Waals surface area contributed by atoms with E-state index < -0.39 is 5.91 Å². The highest BCUT2D eigenvalue weighted by Gasteiger charge is 2.20. The van der Waals surface area contributed by atoms with Crippen molar-refractivity contribution in [1.82, 2.24) is 29.7 Å². The highest BCUT2D eigenvalue weighted by molar-refractivity contribution is 5.97. The van der Waals surface area contributed by atoms with Crippen molar-refractivity contribution < 1.29 is 9.53 Å². The molecule has 4 heterocycles. The molecule has 0 saturated carbocycles. The van der Waals surface area contributed by atoms with Crippen LogP contribution in [0.25, 0.3) is 28.3 Å². The van der Waals surface area contributed by atoms with Gasteiger partial charge in [0.05, 0.1) is 12.3 Å². The third-order valence-electron chi connectivity index (χ3n) is 4.55. The Morgan fingerprint density at radius 1 is 1.28 bits per heavy atom. The van der Waals surface area contributed by atoms with E-state index in [1.54, 1.807) is 19.5 Å². The first kappa shape index (κ1) is 18.6. The van der Waals surface area contributed by atoms with E-state index in [1.165, 1.54) is 0 Å². The minimum absolute atomic E-state index is 0.0631. The molecule has 0 aliphatic heterocycles. The fraction of sp³-hybridized carbons (Fsp3) is 0.200. The number of fused-ring (bicyclic) bond motifs is 1. The molecule has 9 heteroatoms. The number of nitrogens with one attached hydrogen (secondary N) is 2. The zero-order valence-corrected chi connectivity index (χ0v) is 16.1. The van der Waals surface area contributed by atoms with Gasteiger partial charge in [-0.3, -0.25) is 4.79 Å². The summed E-state index contributed by atoms with van der Waals surface area (Å²) in [5.74, 6) is -0.334. The maximum atomic E-state index is 12.6. The predicted octanol–water partition coefficient (Wildman–Crippen LogP) is 2.05. The average molecular weight is 391 g/mol.